The fourth-order valence-corrected chi connectivity index (χ4v) is 3.67. The number of aryl methyl sites for hydroxylation is 2. The Morgan fingerprint density at radius 2 is 1.71 bits per heavy atom. The average molecular weight is 386 g/mol. The summed E-state index contributed by atoms with van der Waals surface area (Å²) in [5, 5.41) is 19.9. The highest BCUT2D eigenvalue weighted by atomic mass is 16.8. The number of aliphatic hydroxyl groups excluding tert-OH is 2. The minimum absolute atomic E-state index is 0.310. The van der Waals surface area contributed by atoms with Gasteiger partial charge in [-0.05, 0) is 19.4 Å². The van der Waals surface area contributed by atoms with Crippen molar-refractivity contribution in [2.75, 3.05) is 13.2 Å². The molecule has 0 amide bonds. The lowest BCUT2D eigenvalue weighted by molar-refractivity contribution is -0.373. The fourth-order valence-electron chi connectivity index (χ4n) is 3.67. The number of hydrogen-bond acceptors (Lipinski definition) is 6. The van der Waals surface area contributed by atoms with Gasteiger partial charge < -0.3 is 29.2 Å². The van der Waals surface area contributed by atoms with Gasteiger partial charge in [-0.15, -0.1) is 0 Å². The van der Waals surface area contributed by atoms with E-state index < -0.39 is 43.6 Å². The molecule has 150 valence electrons. The van der Waals surface area contributed by atoms with Crippen molar-refractivity contribution in [2.45, 2.75) is 50.8 Å². The van der Waals surface area contributed by atoms with Gasteiger partial charge in [-0.25, -0.2) is 0 Å². The van der Waals surface area contributed by atoms with Crippen molar-refractivity contribution in [3.8, 4) is 0 Å². The van der Waals surface area contributed by atoms with Gasteiger partial charge in [-0.2, -0.15) is 0 Å². The van der Waals surface area contributed by atoms with Crippen LogP contribution < -0.4 is 0 Å². The Morgan fingerprint density at radius 3 is 2.43 bits per heavy atom. The molecular weight excluding hydrogens is 360 g/mol. The highest BCUT2D eigenvalue weighted by Gasteiger charge is 2.48. The van der Waals surface area contributed by atoms with Crippen molar-refractivity contribution in [3.05, 3.63) is 70.8 Å². The largest absolute Gasteiger partial charge is 0.394 e. The van der Waals surface area contributed by atoms with Crippen LogP contribution in [-0.2, 0) is 18.9 Å². The third-order valence-electron chi connectivity index (χ3n) is 5.32. The molecule has 0 aliphatic carbocycles. The quantitative estimate of drug-likeness (QED) is 0.841. The standard InChI is InChI=1S/C22H26O6/c1-13-7-9-15(10-8-13)21-26-18-12-25-22(16-6-4-3-5-14(16)2)28-20(18)19(27-21)17(24)11-23/h3-10,17-24H,11-12H2,1-2H3. The zero-order valence-electron chi connectivity index (χ0n) is 16.0. The normalized spacial score (nSPS) is 31.2. The molecule has 2 fully saturated rings. The van der Waals surface area contributed by atoms with E-state index in [0.717, 1.165) is 22.3 Å². The predicted molar refractivity (Wildman–Crippen MR) is 102 cm³/mol. The minimum atomic E-state index is -1.08. The van der Waals surface area contributed by atoms with E-state index in [0.29, 0.717) is 6.61 Å². The molecule has 6 unspecified atom stereocenters. The fraction of sp³-hybridized carbons (Fsp3) is 0.455. The Labute approximate surface area is 164 Å². The molecule has 0 radical (unpaired) electrons. The van der Waals surface area contributed by atoms with Crippen LogP contribution in [-0.4, -0.2) is 47.8 Å². The lowest BCUT2D eigenvalue weighted by atomic mass is 9.99. The van der Waals surface area contributed by atoms with Crippen molar-refractivity contribution in [1.82, 2.24) is 0 Å². The number of aliphatic hydroxyl groups is 2. The van der Waals surface area contributed by atoms with Crippen LogP contribution >= 0.6 is 0 Å². The molecule has 2 aromatic rings. The molecule has 0 saturated carbocycles. The van der Waals surface area contributed by atoms with Crippen LogP contribution in [0, 0.1) is 13.8 Å². The summed E-state index contributed by atoms with van der Waals surface area (Å²) < 4.78 is 24.2. The van der Waals surface area contributed by atoms with Gasteiger partial charge in [-0.1, -0.05) is 54.1 Å². The molecule has 0 bridgehead atoms. The number of hydrogen-bond donors (Lipinski definition) is 2. The topological polar surface area (TPSA) is 77.4 Å². The second-order valence-corrected chi connectivity index (χ2v) is 7.39. The lowest BCUT2D eigenvalue weighted by Gasteiger charge is -2.47. The maximum Gasteiger partial charge on any atom is 0.184 e. The van der Waals surface area contributed by atoms with Crippen LogP contribution in [0.1, 0.15) is 34.8 Å². The van der Waals surface area contributed by atoms with Gasteiger partial charge in [-0.3, -0.25) is 0 Å². The first-order valence-corrected chi connectivity index (χ1v) is 9.56. The molecular formula is C22H26O6. The molecule has 6 atom stereocenters. The Hall–Kier alpha value is -1.80. The van der Waals surface area contributed by atoms with Gasteiger partial charge in [0, 0.05) is 11.1 Å². The number of ether oxygens (including phenoxy) is 4. The lowest BCUT2D eigenvalue weighted by Crippen LogP contribution is -2.58. The molecule has 6 heteroatoms. The van der Waals surface area contributed by atoms with Crippen LogP contribution in [0.3, 0.4) is 0 Å². The summed E-state index contributed by atoms with van der Waals surface area (Å²) in [6, 6.07) is 15.7. The van der Waals surface area contributed by atoms with Crippen molar-refractivity contribution in [3.63, 3.8) is 0 Å². The molecule has 2 aliphatic heterocycles. The molecule has 28 heavy (non-hydrogen) atoms. The smallest absolute Gasteiger partial charge is 0.184 e. The summed E-state index contributed by atoms with van der Waals surface area (Å²) in [6.45, 7) is 3.89. The highest BCUT2D eigenvalue weighted by molar-refractivity contribution is 5.27. The maximum absolute atomic E-state index is 10.4. The second-order valence-electron chi connectivity index (χ2n) is 7.39. The van der Waals surface area contributed by atoms with Crippen molar-refractivity contribution in [1.29, 1.82) is 0 Å². The zero-order valence-corrected chi connectivity index (χ0v) is 16.0. The molecule has 0 spiro atoms. The average Bonchev–Trinajstić information content (AvgIpc) is 2.73. The van der Waals surface area contributed by atoms with Crippen LogP contribution in [0.2, 0.25) is 0 Å². The first kappa shape index (κ1) is 19.5. The minimum Gasteiger partial charge on any atom is -0.394 e. The summed E-state index contributed by atoms with van der Waals surface area (Å²) in [4.78, 5) is 0. The van der Waals surface area contributed by atoms with E-state index in [1.165, 1.54) is 0 Å². The molecule has 2 heterocycles. The molecule has 2 N–H and O–H groups in total. The van der Waals surface area contributed by atoms with Gasteiger partial charge in [0.05, 0.1) is 13.2 Å². The van der Waals surface area contributed by atoms with Crippen molar-refractivity contribution >= 4 is 0 Å². The van der Waals surface area contributed by atoms with Crippen LogP contribution in [0.25, 0.3) is 0 Å². The molecule has 2 aliphatic rings. The molecule has 2 saturated heterocycles. The van der Waals surface area contributed by atoms with Crippen molar-refractivity contribution in [2.24, 2.45) is 0 Å². The Morgan fingerprint density at radius 1 is 0.964 bits per heavy atom. The van der Waals surface area contributed by atoms with Crippen molar-refractivity contribution < 1.29 is 29.2 Å². The SMILES string of the molecule is Cc1ccc(C2OC3COC(c4ccccc4C)OC3C(C(O)CO)O2)cc1. The summed E-state index contributed by atoms with van der Waals surface area (Å²) in [5.41, 5.74) is 3.97. The van der Waals surface area contributed by atoms with E-state index >= 15 is 0 Å². The van der Waals surface area contributed by atoms with Crippen LogP contribution in [0.4, 0.5) is 0 Å². The van der Waals surface area contributed by atoms with Gasteiger partial charge in [0.25, 0.3) is 0 Å². The summed E-state index contributed by atoms with van der Waals surface area (Å²) in [5.74, 6) is 0. The van der Waals surface area contributed by atoms with E-state index in [4.69, 9.17) is 18.9 Å². The Kier molecular flexibility index (Phi) is 5.78. The van der Waals surface area contributed by atoms with Crippen LogP contribution in [0.15, 0.2) is 48.5 Å². The molecule has 4 rings (SSSR count). The van der Waals surface area contributed by atoms with E-state index in [2.05, 4.69) is 0 Å². The van der Waals surface area contributed by atoms with E-state index in [-0.39, 0.29) is 0 Å². The third kappa shape index (κ3) is 3.85. The third-order valence-corrected chi connectivity index (χ3v) is 5.32. The molecule has 0 aromatic heterocycles. The number of benzene rings is 2. The van der Waals surface area contributed by atoms with Crippen LogP contribution in [0.5, 0.6) is 0 Å². The van der Waals surface area contributed by atoms with Gasteiger partial charge in [0.2, 0.25) is 0 Å². The first-order chi connectivity index (χ1) is 13.6. The zero-order chi connectivity index (χ0) is 19.7. The Bertz CT molecular complexity index is 792. The van der Waals surface area contributed by atoms with Gasteiger partial charge in [0.1, 0.15) is 24.4 Å². The highest BCUT2D eigenvalue weighted by Crippen LogP contribution is 2.39. The van der Waals surface area contributed by atoms with Gasteiger partial charge in [0.15, 0.2) is 12.6 Å². The van der Waals surface area contributed by atoms with E-state index in [9.17, 15) is 10.2 Å². The maximum atomic E-state index is 10.4. The number of fused-ring (bicyclic) bond motifs is 1. The van der Waals surface area contributed by atoms with E-state index in [1.54, 1.807) is 0 Å². The molecule has 6 nitrogen and oxygen atoms in total. The van der Waals surface area contributed by atoms with Gasteiger partial charge >= 0.3 is 0 Å². The first-order valence-electron chi connectivity index (χ1n) is 9.56. The second kappa shape index (κ2) is 8.29. The summed E-state index contributed by atoms with van der Waals surface area (Å²) in [6.07, 6.45) is -4.01. The summed E-state index contributed by atoms with van der Waals surface area (Å²) in [7, 11) is 0. The number of rotatable bonds is 4. The monoisotopic (exact) mass is 386 g/mol. The molecule has 2 aromatic carbocycles. The van der Waals surface area contributed by atoms with E-state index in [1.807, 2.05) is 62.4 Å². The predicted octanol–water partition coefficient (Wildman–Crippen LogP) is 2.55. The Balaban J connectivity index is 1.57. The summed E-state index contributed by atoms with van der Waals surface area (Å²) >= 11 is 0.